The summed E-state index contributed by atoms with van der Waals surface area (Å²) in [5.41, 5.74) is 1.46. The van der Waals surface area contributed by atoms with Crippen molar-refractivity contribution in [3.05, 3.63) is 35.9 Å². The van der Waals surface area contributed by atoms with Crippen molar-refractivity contribution in [2.45, 2.75) is 25.4 Å². The zero-order chi connectivity index (χ0) is 14.7. The van der Waals surface area contributed by atoms with Gasteiger partial charge in [0, 0.05) is 38.8 Å². The molecule has 0 unspecified atom stereocenters. The summed E-state index contributed by atoms with van der Waals surface area (Å²) >= 11 is 0. The van der Waals surface area contributed by atoms with E-state index < -0.39 is 0 Å². The summed E-state index contributed by atoms with van der Waals surface area (Å²) in [5, 5.41) is 3.27. The van der Waals surface area contributed by atoms with Gasteiger partial charge in [-0.15, -0.1) is 0 Å². The maximum atomic E-state index is 3.27. The fraction of sp³-hybridized carbons (Fsp3) is 0.667. The third-order valence-electron chi connectivity index (χ3n) is 5.42. The number of hydrogen-bond donors (Lipinski definition) is 1. The van der Waals surface area contributed by atoms with Gasteiger partial charge in [0.25, 0.3) is 0 Å². The molecule has 0 spiro atoms. The molecule has 3 nitrogen and oxygen atoms in total. The maximum absolute atomic E-state index is 3.27. The second kappa shape index (κ2) is 6.91. The summed E-state index contributed by atoms with van der Waals surface area (Å²) in [6, 6.07) is 11.7. The van der Waals surface area contributed by atoms with E-state index in [1.165, 1.54) is 38.0 Å². The van der Waals surface area contributed by atoms with Gasteiger partial charge in [-0.3, -0.25) is 4.90 Å². The Morgan fingerprint density at radius 2 is 2.00 bits per heavy atom. The molecule has 3 rings (SSSR count). The van der Waals surface area contributed by atoms with Gasteiger partial charge in [0.15, 0.2) is 0 Å². The van der Waals surface area contributed by atoms with E-state index in [-0.39, 0.29) is 0 Å². The Hall–Kier alpha value is -0.900. The molecule has 0 aromatic heterocycles. The van der Waals surface area contributed by atoms with E-state index in [9.17, 15) is 0 Å². The van der Waals surface area contributed by atoms with Crippen LogP contribution < -0.4 is 5.32 Å². The molecule has 1 saturated heterocycles. The van der Waals surface area contributed by atoms with Gasteiger partial charge < -0.3 is 10.2 Å². The Morgan fingerprint density at radius 1 is 1.19 bits per heavy atom. The van der Waals surface area contributed by atoms with Crippen LogP contribution in [0.2, 0.25) is 0 Å². The molecule has 1 aromatic carbocycles. The van der Waals surface area contributed by atoms with Crippen LogP contribution in [0.15, 0.2) is 30.3 Å². The molecule has 3 atom stereocenters. The Morgan fingerprint density at radius 3 is 2.76 bits per heavy atom. The lowest BCUT2D eigenvalue weighted by molar-refractivity contribution is 0.184. The molecule has 3 heteroatoms. The fourth-order valence-corrected chi connectivity index (χ4v) is 4.30. The topological polar surface area (TPSA) is 18.5 Å². The van der Waals surface area contributed by atoms with Gasteiger partial charge in [-0.25, -0.2) is 0 Å². The Kier molecular flexibility index (Phi) is 4.94. The van der Waals surface area contributed by atoms with E-state index in [0.717, 1.165) is 31.0 Å². The number of fused-ring (bicyclic) bond motifs is 1. The first kappa shape index (κ1) is 15.0. The van der Waals surface area contributed by atoms with Crippen molar-refractivity contribution in [3.63, 3.8) is 0 Å². The normalized spacial score (nSPS) is 29.2. The Labute approximate surface area is 129 Å². The molecule has 0 amide bonds. The van der Waals surface area contributed by atoms with Crippen LogP contribution >= 0.6 is 0 Å². The van der Waals surface area contributed by atoms with Gasteiger partial charge in [-0.05, 0) is 44.3 Å². The predicted molar refractivity (Wildman–Crippen MR) is 88.3 cm³/mol. The van der Waals surface area contributed by atoms with Crippen LogP contribution in [0, 0.1) is 11.8 Å². The first-order valence-electron chi connectivity index (χ1n) is 8.39. The van der Waals surface area contributed by atoms with Gasteiger partial charge in [0.1, 0.15) is 0 Å². The minimum absolute atomic E-state index is 0.795. The summed E-state index contributed by atoms with van der Waals surface area (Å²) in [6.07, 6.45) is 2.82. The van der Waals surface area contributed by atoms with Gasteiger partial charge in [-0.2, -0.15) is 0 Å². The molecular weight excluding hydrogens is 258 g/mol. The van der Waals surface area contributed by atoms with Crippen LogP contribution in [0.1, 0.15) is 18.4 Å². The third-order valence-corrected chi connectivity index (χ3v) is 5.42. The molecule has 1 aromatic rings. The van der Waals surface area contributed by atoms with Crippen LogP contribution in [0.25, 0.3) is 0 Å². The molecule has 21 heavy (non-hydrogen) atoms. The minimum Gasteiger partial charge on any atom is -0.318 e. The molecule has 2 fully saturated rings. The number of benzene rings is 1. The maximum Gasteiger partial charge on any atom is 0.0233 e. The molecule has 0 radical (unpaired) electrons. The minimum atomic E-state index is 0.795. The summed E-state index contributed by atoms with van der Waals surface area (Å²) in [4.78, 5) is 5.26. The number of nitrogens with zero attached hydrogens (tertiary/aromatic N) is 2. The lowest BCUT2D eigenvalue weighted by Crippen LogP contribution is -2.40. The highest BCUT2D eigenvalue weighted by atomic mass is 15.2. The Balaban J connectivity index is 1.56. The quantitative estimate of drug-likeness (QED) is 0.864. The van der Waals surface area contributed by atoms with Crippen LogP contribution in [0.4, 0.5) is 0 Å². The molecular formula is C18H29N3. The van der Waals surface area contributed by atoms with E-state index in [4.69, 9.17) is 0 Å². The van der Waals surface area contributed by atoms with Crippen molar-refractivity contribution in [2.75, 3.05) is 40.3 Å². The van der Waals surface area contributed by atoms with Crippen molar-refractivity contribution in [1.29, 1.82) is 0 Å². The average molecular weight is 287 g/mol. The van der Waals surface area contributed by atoms with E-state index >= 15 is 0 Å². The second-order valence-corrected chi connectivity index (χ2v) is 6.83. The predicted octanol–water partition coefficient (Wildman–Crippen LogP) is 2.05. The van der Waals surface area contributed by atoms with Crippen molar-refractivity contribution in [1.82, 2.24) is 15.1 Å². The number of rotatable bonds is 6. The van der Waals surface area contributed by atoms with Crippen LogP contribution in [-0.2, 0) is 6.54 Å². The zero-order valence-corrected chi connectivity index (χ0v) is 13.5. The van der Waals surface area contributed by atoms with Gasteiger partial charge >= 0.3 is 0 Å². The molecule has 1 aliphatic carbocycles. The summed E-state index contributed by atoms with van der Waals surface area (Å²) in [6.45, 7) is 5.98. The number of likely N-dealkylation sites (tertiary alicyclic amines) is 1. The van der Waals surface area contributed by atoms with E-state index in [1.807, 2.05) is 7.05 Å². The molecule has 1 N–H and O–H groups in total. The van der Waals surface area contributed by atoms with Gasteiger partial charge in [0.05, 0.1) is 0 Å². The molecule has 116 valence electrons. The molecule has 1 saturated carbocycles. The third kappa shape index (κ3) is 3.47. The molecule has 2 aliphatic rings. The number of nitrogens with one attached hydrogen (secondary N) is 1. The van der Waals surface area contributed by atoms with Crippen molar-refractivity contribution in [3.8, 4) is 0 Å². The van der Waals surface area contributed by atoms with Gasteiger partial charge in [-0.1, -0.05) is 30.3 Å². The summed E-state index contributed by atoms with van der Waals surface area (Å²) < 4.78 is 0. The highest BCUT2D eigenvalue weighted by Crippen LogP contribution is 2.40. The molecule has 1 heterocycles. The molecule has 0 bridgehead atoms. The SMILES string of the molecule is CNCCN(C)[C@@H]1CC[C@@H]2CN(Cc3ccccc3)C[C@H]21. The zero-order valence-electron chi connectivity index (χ0n) is 13.5. The van der Waals surface area contributed by atoms with Crippen LogP contribution in [-0.4, -0.2) is 56.1 Å². The summed E-state index contributed by atoms with van der Waals surface area (Å²) in [7, 11) is 4.35. The fourth-order valence-electron chi connectivity index (χ4n) is 4.30. The van der Waals surface area contributed by atoms with Crippen LogP contribution in [0.3, 0.4) is 0 Å². The summed E-state index contributed by atoms with van der Waals surface area (Å²) in [5.74, 6) is 1.81. The number of hydrogen-bond acceptors (Lipinski definition) is 3. The first-order valence-corrected chi connectivity index (χ1v) is 8.39. The lowest BCUT2D eigenvalue weighted by Gasteiger charge is -2.29. The largest absolute Gasteiger partial charge is 0.318 e. The standard InChI is InChI=1S/C18H29N3/c1-19-10-11-20(2)18-9-8-16-13-21(14-17(16)18)12-15-6-4-3-5-7-15/h3-7,16-19H,8-14H2,1-2H3/t16-,17-,18-/m1/s1. The smallest absolute Gasteiger partial charge is 0.0233 e. The number of likely N-dealkylation sites (N-methyl/N-ethyl adjacent to an activating group) is 2. The van der Waals surface area contributed by atoms with E-state index in [0.29, 0.717) is 0 Å². The van der Waals surface area contributed by atoms with Crippen LogP contribution in [0.5, 0.6) is 0 Å². The lowest BCUT2D eigenvalue weighted by atomic mass is 9.97. The van der Waals surface area contributed by atoms with Crippen molar-refractivity contribution < 1.29 is 0 Å². The Bertz CT molecular complexity index is 433. The van der Waals surface area contributed by atoms with Crippen molar-refractivity contribution in [2.24, 2.45) is 11.8 Å². The van der Waals surface area contributed by atoms with Gasteiger partial charge in [0.2, 0.25) is 0 Å². The second-order valence-electron chi connectivity index (χ2n) is 6.83. The monoisotopic (exact) mass is 287 g/mol. The highest BCUT2D eigenvalue weighted by molar-refractivity contribution is 5.15. The molecule has 1 aliphatic heterocycles. The first-order chi connectivity index (χ1) is 10.3. The average Bonchev–Trinajstić information content (AvgIpc) is 3.05. The highest BCUT2D eigenvalue weighted by Gasteiger charge is 2.43. The van der Waals surface area contributed by atoms with E-state index in [1.54, 1.807) is 0 Å². The van der Waals surface area contributed by atoms with E-state index in [2.05, 4.69) is 52.5 Å². The van der Waals surface area contributed by atoms with Crippen molar-refractivity contribution >= 4 is 0 Å².